The molecule has 0 bridgehead atoms. The average molecular weight is 256 g/mol. The van der Waals surface area contributed by atoms with E-state index in [0.29, 0.717) is 18.9 Å². The van der Waals surface area contributed by atoms with Crippen LogP contribution in [0, 0.1) is 5.92 Å². The Balaban J connectivity index is 2.56. The molecule has 0 spiro atoms. The predicted octanol–water partition coefficient (Wildman–Crippen LogP) is 1.09. The second-order valence-electron chi connectivity index (χ2n) is 4.92. The van der Waals surface area contributed by atoms with Gasteiger partial charge in [0.2, 0.25) is 5.91 Å². The van der Waals surface area contributed by atoms with Crippen molar-refractivity contribution in [2.24, 2.45) is 5.92 Å². The Bertz CT molecular complexity index is 294. The molecule has 0 aromatic carbocycles. The Morgan fingerprint density at radius 3 is 2.67 bits per heavy atom. The van der Waals surface area contributed by atoms with Gasteiger partial charge in [-0.05, 0) is 31.7 Å². The average Bonchev–Trinajstić information content (AvgIpc) is 2.38. The number of nitrogens with zero attached hydrogens (tertiary/aromatic N) is 1. The Morgan fingerprint density at radius 2 is 2.11 bits per heavy atom. The number of hydrogen-bond donors (Lipinski definition) is 2. The van der Waals surface area contributed by atoms with Gasteiger partial charge in [0, 0.05) is 6.54 Å². The summed E-state index contributed by atoms with van der Waals surface area (Å²) >= 11 is 0. The number of nitrogens with one attached hydrogen (secondary N) is 1. The molecule has 0 aromatic rings. The lowest BCUT2D eigenvalue weighted by atomic mass is 9.89. The first-order chi connectivity index (χ1) is 8.60. The molecule has 1 fully saturated rings. The number of carbonyl (C=O) groups is 2. The Morgan fingerprint density at radius 1 is 1.39 bits per heavy atom. The van der Waals surface area contributed by atoms with Gasteiger partial charge in [-0.1, -0.05) is 20.3 Å². The molecule has 1 rings (SSSR count). The molecule has 2 unspecified atom stereocenters. The number of amides is 1. The molecular weight excluding hydrogens is 232 g/mol. The summed E-state index contributed by atoms with van der Waals surface area (Å²) in [4.78, 5) is 24.8. The molecule has 0 radical (unpaired) electrons. The number of carboxylic acids is 1. The zero-order chi connectivity index (χ0) is 13.5. The van der Waals surface area contributed by atoms with Crippen molar-refractivity contribution < 1.29 is 14.7 Å². The summed E-state index contributed by atoms with van der Waals surface area (Å²) in [6.07, 6.45) is 3.46. The summed E-state index contributed by atoms with van der Waals surface area (Å²) in [5.74, 6) is -0.541. The first-order valence-electron chi connectivity index (χ1n) is 6.83. The van der Waals surface area contributed by atoms with Crippen molar-refractivity contribution in [3.8, 4) is 0 Å². The topological polar surface area (TPSA) is 69.6 Å². The van der Waals surface area contributed by atoms with Crippen LogP contribution in [0.1, 0.15) is 39.5 Å². The van der Waals surface area contributed by atoms with Gasteiger partial charge in [-0.15, -0.1) is 0 Å². The van der Waals surface area contributed by atoms with E-state index < -0.39 is 12.0 Å². The van der Waals surface area contributed by atoms with E-state index >= 15 is 0 Å². The number of carbonyl (C=O) groups excluding carboxylic acids is 1. The molecule has 0 saturated carbocycles. The molecule has 2 N–H and O–H groups in total. The highest BCUT2D eigenvalue weighted by Crippen LogP contribution is 2.25. The SMILES string of the molecule is CCCNCC(=O)N1CCC(CC)CC1C(=O)O. The fourth-order valence-corrected chi connectivity index (χ4v) is 2.42. The molecule has 5 heteroatoms. The maximum Gasteiger partial charge on any atom is 0.326 e. The van der Waals surface area contributed by atoms with Crippen LogP contribution in [0.2, 0.25) is 0 Å². The molecule has 18 heavy (non-hydrogen) atoms. The summed E-state index contributed by atoms with van der Waals surface area (Å²) in [5, 5.41) is 12.3. The first kappa shape index (κ1) is 15.0. The molecule has 1 aliphatic heterocycles. The highest BCUT2D eigenvalue weighted by Gasteiger charge is 2.35. The summed E-state index contributed by atoms with van der Waals surface area (Å²) in [6, 6.07) is -0.639. The van der Waals surface area contributed by atoms with E-state index in [2.05, 4.69) is 12.2 Å². The van der Waals surface area contributed by atoms with Gasteiger partial charge in [-0.2, -0.15) is 0 Å². The zero-order valence-corrected chi connectivity index (χ0v) is 11.3. The van der Waals surface area contributed by atoms with Crippen LogP contribution in [0.5, 0.6) is 0 Å². The van der Waals surface area contributed by atoms with Crippen molar-refractivity contribution in [3.05, 3.63) is 0 Å². The van der Waals surface area contributed by atoms with Crippen LogP contribution in [-0.4, -0.2) is 47.6 Å². The van der Waals surface area contributed by atoms with E-state index in [1.54, 1.807) is 0 Å². The van der Waals surface area contributed by atoms with Gasteiger partial charge in [0.05, 0.1) is 6.54 Å². The van der Waals surface area contributed by atoms with Crippen molar-refractivity contribution in [3.63, 3.8) is 0 Å². The third-order valence-corrected chi connectivity index (χ3v) is 3.60. The highest BCUT2D eigenvalue weighted by molar-refractivity contribution is 5.85. The fourth-order valence-electron chi connectivity index (χ4n) is 2.42. The van der Waals surface area contributed by atoms with Crippen LogP contribution >= 0.6 is 0 Å². The minimum atomic E-state index is -0.878. The smallest absolute Gasteiger partial charge is 0.326 e. The van der Waals surface area contributed by atoms with Crippen LogP contribution in [0.15, 0.2) is 0 Å². The van der Waals surface area contributed by atoms with Gasteiger partial charge in [-0.25, -0.2) is 4.79 Å². The molecule has 5 nitrogen and oxygen atoms in total. The Hall–Kier alpha value is -1.10. The quantitative estimate of drug-likeness (QED) is 0.698. The lowest BCUT2D eigenvalue weighted by Crippen LogP contribution is -2.52. The summed E-state index contributed by atoms with van der Waals surface area (Å²) < 4.78 is 0. The maximum atomic E-state index is 12.0. The number of carboxylic acid groups (broad SMARTS) is 1. The number of piperidine rings is 1. The lowest BCUT2D eigenvalue weighted by molar-refractivity contribution is -0.152. The Kier molecular flexibility index (Phi) is 6.12. The third kappa shape index (κ3) is 3.98. The van der Waals surface area contributed by atoms with Crippen molar-refractivity contribution in [1.82, 2.24) is 10.2 Å². The molecule has 1 amide bonds. The van der Waals surface area contributed by atoms with E-state index in [-0.39, 0.29) is 12.5 Å². The summed E-state index contributed by atoms with van der Waals surface area (Å²) in [7, 11) is 0. The van der Waals surface area contributed by atoms with Crippen molar-refractivity contribution in [2.45, 2.75) is 45.6 Å². The molecule has 1 saturated heterocycles. The second kappa shape index (κ2) is 7.36. The van der Waals surface area contributed by atoms with Gasteiger partial charge in [-0.3, -0.25) is 4.79 Å². The van der Waals surface area contributed by atoms with Crippen LogP contribution in [0.4, 0.5) is 0 Å². The van der Waals surface area contributed by atoms with Gasteiger partial charge in [0.25, 0.3) is 0 Å². The van der Waals surface area contributed by atoms with E-state index in [4.69, 9.17) is 0 Å². The van der Waals surface area contributed by atoms with Crippen molar-refractivity contribution in [2.75, 3.05) is 19.6 Å². The van der Waals surface area contributed by atoms with E-state index in [0.717, 1.165) is 25.8 Å². The molecule has 1 aliphatic rings. The monoisotopic (exact) mass is 256 g/mol. The molecular formula is C13H24N2O3. The van der Waals surface area contributed by atoms with Gasteiger partial charge >= 0.3 is 5.97 Å². The highest BCUT2D eigenvalue weighted by atomic mass is 16.4. The molecule has 0 aromatic heterocycles. The van der Waals surface area contributed by atoms with Crippen LogP contribution < -0.4 is 5.32 Å². The first-order valence-corrected chi connectivity index (χ1v) is 6.83. The summed E-state index contributed by atoms with van der Waals surface area (Å²) in [5.41, 5.74) is 0. The minimum Gasteiger partial charge on any atom is -0.480 e. The largest absolute Gasteiger partial charge is 0.480 e. The number of aliphatic carboxylic acids is 1. The molecule has 104 valence electrons. The van der Waals surface area contributed by atoms with Gasteiger partial charge in [0.1, 0.15) is 6.04 Å². The van der Waals surface area contributed by atoms with E-state index in [1.165, 1.54) is 4.90 Å². The van der Waals surface area contributed by atoms with Gasteiger partial charge in [0.15, 0.2) is 0 Å². The normalized spacial score (nSPS) is 24.0. The number of rotatable bonds is 6. The van der Waals surface area contributed by atoms with Crippen LogP contribution in [-0.2, 0) is 9.59 Å². The lowest BCUT2D eigenvalue weighted by Gasteiger charge is -2.37. The van der Waals surface area contributed by atoms with Crippen LogP contribution in [0.3, 0.4) is 0 Å². The maximum absolute atomic E-state index is 12.0. The molecule has 2 atom stereocenters. The minimum absolute atomic E-state index is 0.0922. The Labute approximate surface area is 109 Å². The van der Waals surface area contributed by atoms with E-state index in [1.807, 2.05) is 6.92 Å². The van der Waals surface area contributed by atoms with Gasteiger partial charge < -0.3 is 15.3 Å². The van der Waals surface area contributed by atoms with Crippen LogP contribution in [0.25, 0.3) is 0 Å². The third-order valence-electron chi connectivity index (χ3n) is 3.60. The number of hydrogen-bond acceptors (Lipinski definition) is 3. The fraction of sp³-hybridized carbons (Fsp3) is 0.846. The number of likely N-dealkylation sites (tertiary alicyclic amines) is 1. The predicted molar refractivity (Wildman–Crippen MR) is 69.3 cm³/mol. The van der Waals surface area contributed by atoms with E-state index in [9.17, 15) is 14.7 Å². The van der Waals surface area contributed by atoms with Crippen molar-refractivity contribution >= 4 is 11.9 Å². The summed E-state index contributed by atoms with van der Waals surface area (Å²) in [6.45, 7) is 5.71. The molecule has 1 heterocycles. The molecule has 0 aliphatic carbocycles. The van der Waals surface area contributed by atoms with Crippen molar-refractivity contribution in [1.29, 1.82) is 0 Å². The second-order valence-corrected chi connectivity index (χ2v) is 4.92. The zero-order valence-electron chi connectivity index (χ0n) is 11.3. The standard InChI is InChI=1S/C13H24N2O3/c1-3-6-14-9-12(16)15-7-5-10(4-2)8-11(15)13(17)18/h10-11,14H,3-9H2,1-2H3,(H,17,18).